The molecule has 1 fully saturated rings. The van der Waals surface area contributed by atoms with E-state index >= 15 is 0 Å². The summed E-state index contributed by atoms with van der Waals surface area (Å²) in [4.78, 5) is 37.8. The number of carboxylic acid groups (broad SMARTS) is 1. The Kier molecular flexibility index (Phi) is 9.08. The summed E-state index contributed by atoms with van der Waals surface area (Å²) in [7, 11) is 0. The lowest BCUT2D eigenvalue weighted by Crippen LogP contribution is -2.42. The number of nitrogens with one attached hydrogen (secondary N) is 1. The zero-order valence-corrected chi connectivity index (χ0v) is 17.8. The van der Waals surface area contributed by atoms with Gasteiger partial charge in [0.25, 0.3) is 5.91 Å². The van der Waals surface area contributed by atoms with Gasteiger partial charge in [-0.1, -0.05) is 86.2 Å². The maximum absolute atomic E-state index is 12.5. The minimum absolute atomic E-state index is 0.00448. The standard InChI is InChI=1S/C21H24N2O4S2/c1-2-3-11-16(20(26)27)22-18(24)13-14-23-19(25)17(29-21(23)28)12-7-10-15-8-5-4-6-9-15/h4-10,12,16H,2-3,11,13-14H2,1H3,(H,22,24)(H,26,27)/b10-7-,17-12+. The predicted molar refractivity (Wildman–Crippen MR) is 119 cm³/mol. The molecule has 0 aromatic heterocycles. The first-order valence-corrected chi connectivity index (χ1v) is 10.6. The average molecular weight is 433 g/mol. The van der Waals surface area contributed by atoms with Crippen molar-refractivity contribution in [3.05, 3.63) is 53.0 Å². The molecule has 0 bridgehead atoms. The van der Waals surface area contributed by atoms with Crippen molar-refractivity contribution in [2.24, 2.45) is 0 Å². The number of nitrogens with zero attached hydrogens (tertiary/aromatic N) is 1. The van der Waals surface area contributed by atoms with Gasteiger partial charge in [0.05, 0.1) is 4.91 Å². The molecule has 8 heteroatoms. The van der Waals surface area contributed by atoms with Crippen molar-refractivity contribution in [1.29, 1.82) is 0 Å². The molecule has 2 amide bonds. The Balaban J connectivity index is 1.89. The molecule has 1 saturated heterocycles. The van der Waals surface area contributed by atoms with Crippen molar-refractivity contribution in [3.63, 3.8) is 0 Å². The number of allylic oxidation sites excluding steroid dienone is 2. The van der Waals surface area contributed by atoms with Crippen LogP contribution in [0.5, 0.6) is 0 Å². The first kappa shape index (κ1) is 22.8. The maximum atomic E-state index is 12.5. The number of thioether (sulfide) groups is 1. The third-order valence-electron chi connectivity index (χ3n) is 4.25. The Morgan fingerprint density at radius 3 is 2.69 bits per heavy atom. The van der Waals surface area contributed by atoms with Crippen LogP contribution in [0.25, 0.3) is 6.08 Å². The Bertz CT molecular complexity index is 821. The van der Waals surface area contributed by atoms with Crippen LogP contribution in [0.1, 0.15) is 38.2 Å². The van der Waals surface area contributed by atoms with Crippen LogP contribution in [-0.4, -0.2) is 44.7 Å². The lowest BCUT2D eigenvalue weighted by atomic mass is 10.1. The number of carboxylic acids is 1. The zero-order chi connectivity index (χ0) is 21.2. The first-order chi connectivity index (χ1) is 13.9. The minimum Gasteiger partial charge on any atom is -0.480 e. The van der Waals surface area contributed by atoms with E-state index in [4.69, 9.17) is 12.2 Å². The van der Waals surface area contributed by atoms with Gasteiger partial charge in [0, 0.05) is 13.0 Å². The van der Waals surface area contributed by atoms with Crippen LogP contribution >= 0.6 is 24.0 Å². The van der Waals surface area contributed by atoms with Crippen LogP contribution in [0, 0.1) is 0 Å². The molecule has 1 unspecified atom stereocenters. The number of unbranched alkanes of at least 4 members (excludes halogenated alkanes) is 1. The van der Waals surface area contributed by atoms with E-state index in [1.807, 2.05) is 43.3 Å². The van der Waals surface area contributed by atoms with E-state index in [1.165, 1.54) is 16.7 Å². The average Bonchev–Trinajstić information content (AvgIpc) is 2.97. The van der Waals surface area contributed by atoms with Crippen LogP contribution in [0.15, 0.2) is 47.4 Å². The second-order valence-corrected chi connectivity index (χ2v) is 8.15. The summed E-state index contributed by atoms with van der Waals surface area (Å²) < 4.78 is 0.392. The summed E-state index contributed by atoms with van der Waals surface area (Å²) in [6, 6.07) is 8.80. The number of thiocarbonyl (C=S) groups is 1. The second kappa shape index (κ2) is 11.5. The summed E-state index contributed by atoms with van der Waals surface area (Å²) >= 11 is 6.44. The van der Waals surface area contributed by atoms with Gasteiger partial charge in [-0.2, -0.15) is 0 Å². The normalized spacial score (nSPS) is 16.6. The molecule has 1 aliphatic heterocycles. The van der Waals surface area contributed by atoms with Crippen LogP contribution in [0.3, 0.4) is 0 Å². The number of hydrogen-bond donors (Lipinski definition) is 2. The van der Waals surface area contributed by atoms with E-state index in [1.54, 1.807) is 12.2 Å². The van der Waals surface area contributed by atoms with Gasteiger partial charge in [0.1, 0.15) is 10.4 Å². The molecular weight excluding hydrogens is 408 g/mol. The summed E-state index contributed by atoms with van der Waals surface area (Å²) in [6.07, 6.45) is 7.33. The fraction of sp³-hybridized carbons (Fsp3) is 0.333. The van der Waals surface area contributed by atoms with E-state index in [-0.39, 0.29) is 18.9 Å². The molecule has 0 saturated carbocycles. The SMILES string of the molecule is CCCCC(NC(=O)CCN1C(=O)/C(=C\C=C/c2ccccc2)SC1=S)C(=O)O. The van der Waals surface area contributed by atoms with E-state index in [0.717, 1.165) is 12.0 Å². The summed E-state index contributed by atoms with van der Waals surface area (Å²) in [5.74, 6) is -1.70. The van der Waals surface area contributed by atoms with Crippen molar-refractivity contribution in [1.82, 2.24) is 10.2 Å². The highest BCUT2D eigenvalue weighted by Gasteiger charge is 2.32. The summed E-state index contributed by atoms with van der Waals surface area (Å²) in [5, 5.41) is 11.7. The summed E-state index contributed by atoms with van der Waals surface area (Å²) in [6.45, 7) is 2.08. The fourth-order valence-corrected chi connectivity index (χ4v) is 3.92. The lowest BCUT2D eigenvalue weighted by molar-refractivity contribution is -0.142. The van der Waals surface area contributed by atoms with Crippen LogP contribution < -0.4 is 5.32 Å². The number of rotatable bonds is 10. The van der Waals surface area contributed by atoms with Gasteiger partial charge in [-0.25, -0.2) is 4.79 Å². The molecule has 0 aliphatic carbocycles. The predicted octanol–water partition coefficient (Wildman–Crippen LogP) is 3.59. The van der Waals surface area contributed by atoms with E-state index in [0.29, 0.717) is 22.1 Å². The molecule has 0 spiro atoms. The smallest absolute Gasteiger partial charge is 0.326 e. The first-order valence-electron chi connectivity index (χ1n) is 9.41. The highest BCUT2D eigenvalue weighted by atomic mass is 32.2. The van der Waals surface area contributed by atoms with Gasteiger partial charge in [-0.05, 0) is 18.1 Å². The molecule has 154 valence electrons. The van der Waals surface area contributed by atoms with Crippen molar-refractivity contribution >= 4 is 52.2 Å². The largest absolute Gasteiger partial charge is 0.480 e. The number of aliphatic carboxylic acids is 1. The van der Waals surface area contributed by atoms with Crippen LogP contribution in [-0.2, 0) is 14.4 Å². The van der Waals surface area contributed by atoms with E-state index in [9.17, 15) is 19.5 Å². The molecule has 1 aromatic rings. The Morgan fingerprint density at radius 2 is 2.03 bits per heavy atom. The molecular formula is C21H24N2O4S2. The second-order valence-electron chi connectivity index (χ2n) is 6.48. The van der Waals surface area contributed by atoms with Crippen molar-refractivity contribution < 1.29 is 19.5 Å². The van der Waals surface area contributed by atoms with Crippen LogP contribution in [0.2, 0.25) is 0 Å². The topological polar surface area (TPSA) is 86.7 Å². The Labute approximate surface area is 180 Å². The van der Waals surface area contributed by atoms with Crippen molar-refractivity contribution in [3.8, 4) is 0 Å². The number of hydrogen-bond acceptors (Lipinski definition) is 5. The highest BCUT2D eigenvalue weighted by molar-refractivity contribution is 8.26. The molecule has 2 rings (SSSR count). The Hall–Kier alpha value is -2.45. The van der Waals surface area contributed by atoms with Crippen molar-refractivity contribution in [2.75, 3.05) is 6.54 Å². The molecule has 1 atom stereocenters. The number of benzene rings is 1. The monoisotopic (exact) mass is 432 g/mol. The number of amides is 2. The van der Waals surface area contributed by atoms with Crippen molar-refractivity contribution in [2.45, 2.75) is 38.6 Å². The lowest BCUT2D eigenvalue weighted by Gasteiger charge is -2.17. The molecule has 1 heterocycles. The van der Waals surface area contributed by atoms with Crippen LogP contribution in [0.4, 0.5) is 0 Å². The number of carbonyl (C=O) groups is 3. The van der Waals surface area contributed by atoms with Gasteiger partial charge in [-0.15, -0.1) is 0 Å². The highest BCUT2D eigenvalue weighted by Crippen LogP contribution is 2.31. The van der Waals surface area contributed by atoms with E-state index in [2.05, 4.69) is 5.32 Å². The zero-order valence-electron chi connectivity index (χ0n) is 16.2. The third-order valence-corrected chi connectivity index (χ3v) is 5.65. The molecule has 2 N–H and O–H groups in total. The summed E-state index contributed by atoms with van der Waals surface area (Å²) in [5.41, 5.74) is 1.02. The van der Waals surface area contributed by atoms with Gasteiger partial charge in [-0.3, -0.25) is 14.5 Å². The van der Waals surface area contributed by atoms with Gasteiger partial charge in [0.2, 0.25) is 5.91 Å². The Morgan fingerprint density at radius 1 is 1.31 bits per heavy atom. The van der Waals surface area contributed by atoms with Gasteiger partial charge < -0.3 is 10.4 Å². The van der Waals surface area contributed by atoms with Gasteiger partial charge >= 0.3 is 5.97 Å². The van der Waals surface area contributed by atoms with E-state index < -0.39 is 17.9 Å². The van der Waals surface area contributed by atoms with Gasteiger partial charge in [0.15, 0.2) is 0 Å². The maximum Gasteiger partial charge on any atom is 0.326 e. The molecule has 6 nitrogen and oxygen atoms in total. The third kappa shape index (κ3) is 7.14. The number of carbonyl (C=O) groups excluding carboxylic acids is 2. The fourth-order valence-electron chi connectivity index (χ4n) is 2.66. The molecule has 1 aromatic carbocycles. The quantitative estimate of drug-likeness (QED) is 0.434. The molecule has 0 radical (unpaired) electrons. The molecule has 1 aliphatic rings. The molecule has 29 heavy (non-hydrogen) atoms. The minimum atomic E-state index is -1.05.